The third-order valence-corrected chi connectivity index (χ3v) is 7.48. The number of hydrogen-bond acceptors (Lipinski definition) is 5. The first-order valence-electron chi connectivity index (χ1n) is 8.94. The molecular weight excluding hydrogens is 420 g/mol. The summed E-state index contributed by atoms with van der Waals surface area (Å²) >= 11 is 3.43. The highest BCUT2D eigenvalue weighted by Crippen LogP contribution is 2.25. The number of piperazine rings is 1. The van der Waals surface area contributed by atoms with E-state index >= 15 is 0 Å². The molecule has 9 heteroatoms. The van der Waals surface area contributed by atoms with Crippen molar-refractivity contribution in [3.05, 3.63) is 34.3 Å². The fourth-order valence-electron chi connectivity index (χ4n) is 3.43. The van der Waals surface area contributed by atoms with E-state index in [1.807, 2.05) is 31.2 Å². The molecule has 2 heterocycles. The van der Waals surface area contributed by atoms with Crippen LogP contribution in [-0.2, 0) is 14.8 Å². The molecule has 0 spiro atoms. The number of nitrogens with zero attached hydrogens (tertiary/aromatic N) is 2. The second-order valence-electron chi connectivity index (χ2n) is 6.72. The van der Waals surface area contributed by atoms with Gasteiger partial charge >= 0.3 is 0 Å². The summed E-state index contributed by atoms with van der Waals surface area (Å²) in [7, 11) is -3.19. The Balaban J connectivity index is 1.54. The molecule has 7 nitrogen and oxygen atoms in total. The van der Waals surface area contributed by atoms with Crippen LogP contribution in [0.1, 0.15) is 31.4 Å². The van der Waals surface area contributed by atoms with E-state index in [0.717, 1.165) is 10.0 Å². The zero-order chi connectivity index (χ0) is 18.7. The van der Waals surface area contributed by atoms with Gasteiger partial charge < -0.3 is 4.90 Å². The molecule has 2 fully saturated rings. The van der Waals surface area contributed by atoms with Gasteiger partial charge in [0, 0.05) is 36.7 Å². The molecule has 2 saturated heterocycles. The Morgan fingerprint density at radius 2 is 1.81 bits per heavy atom. The lowest BCUT2D eigenvalue weighted by Gasteiger charge is -2.35. The molecule has 1 aromatic rings. The van der Waals surface area contributed by atoms with E-state index < -0.39 is 10.0 Å². The van der Waals surface area contributed by atoms with Gasteiger partial charge in [-0.25, -0.2) is 19.3 Å². The molecule has 144 valence electrons. The Bertz CT molecular complexity index is 733. The largest absolute Gasteiger partial charge is 0.339 e. The minimum absolute atomic E-state index is 0.0321. The van der Waals surface area contributed by atoms with Gasteiger partial charge in [0.2, 0.25) is 15.9 Å². The van der Waals surface area contributed by atoms with E-state index in [-0.39, 0.29) is 23.7 Å². The first-order valence-corrected chi connectivity index (χ1v) is 11.3. The van der Waals surface area contributed by atoms with Crippen molar-refractivity contribution in [1.82, 2.24) is 20.1 Å². The smallest absolute Gasteiger partial charge is 0.241 e. The molecule has 0 aliphatic carbocycles. The molecule has 1 amide bonds. The fraction of sp³-hybridized carbons (Fsp3) is 0.588. The first kappa shape index (κ1) is 19.8. The summed E-state index contributed by atoms with van der Waals surface area (Å²) in [6.07, 6.45) is 1.28. The molecule has 2 aliphatic heterocycles. The molecule has 2 aliphatic rings. The maximum absolute atomic E-state index is 12.8. The number of hydrogen-bond donors (Lipinski definition) is 2. The molecule has 3 rings (SSSR count). The normalized spacial score (nSPS) is 24.8. The van der Waals surface area contributed by atoms with E-state index in [9.17, 15) is 13.2 Å². The fourth-order valence-corrected chi connectivity index (χ4v) is 5.18. The predicted octanol–water partition coefficient (Wildman–Crippen LogP) is 1.24. The third kappa shape index (κ3) is 4.45. The standard InChI is InChI=1S/C17H25BrN4O3S/c1-2-11-26(24,25)22-9-7-21(8-10-22)17(23)16-12-15(19-20-16)13-3-5-14(18)6-4-13/h3-6,15-16,19-20H,2,7-12H2,1H3. The van der Waals surface area contributed by atoms with Crippen LogP contribution in [0.2, 0.25) is 0 Å². The van der Waals surface area contributed by atoms with E-state index in [0.29, 0.717) is 39.0 Å². The SMILES string of the molecule is CCCS(=O)(=O)N1CCN(C(=O)C2CC(c3ccc(Br)cc3)NN2)CC1. The van der Waals surface area contributed by atoms with Crippen LogP contribution in [0.25, 0.3) is 0 Å². The number of halogens is 1. The van der Waals surface area contributed by atoms with E-state index in [2.05, 4.69) is 26.8 Å². The van der Waals surface area contributed by atoms with Crippen molar-refractivity contribution < 1.29 is 13.2 Å². The van der Waals surface area contributed by atoms with E-state index in [1.54, 1.807) is 4.90 Å². The Labute approximate surface area is 163 Å². The molecule has 2 N–H and O–H groups in total. The van der Waals surface area contributed by atoms with Crippen LogP contribution < -0.4 is 10.9 Å². The molecule has 0 saturated carbocycles. The number of carbonyl (C=O) groups is 1. The van der Waals surface area contributed by atoms with Crippen molar-refractivity contribution in [2.75, 3.05) is 31.9 Å². The van der Waals surface area contributed by atoms with Crippen molar-refractivity contribution in [1.29, 1.82) is 0 Å². The van der Waals surface area contributed by atoms with Crippen LogP contribution in [0.4, 0.5) is 0 Å². The average Bonchev–Trinajstić information content (AvgIpc) is 3.12. The average molecular weight is 445 g/mol. The number of benzene rings is 1. The summed E-state index contributed by atoms with van der Waals surface area (Å²) in [6, 6.07) is 7.84. The summed E-state index contributed by atoms with van der Waals surface area (Å²) in [5.74, 6) is 0.203. The molecule has 26 heavy (non-hydrogen) atoms. The van der Waals surface area contributed by atoms with Gasteiger partial charge in [0.05, 0.1) is 5.75 Å². The van der Waals surface area contributed by atoms with Gasteiger partial charge in [-0.1, -0.05) is 35.0 Å². The molecule has 0 radical (unpaired) electrons. The van der Waals surface area contributed by atoms with Gasteiger partial charge in [0.1, 0.15) is 6.04 Å². The van der Waals surface area contributed by atoms with Crippen LogP contribution >= 0.6 is 15.9 Å². The highest BCUT2D eigenvalue weighted by Gasteiger charge is 2.35. The number of sulfonamides is 1. The first-order chi connectivity index (χ1) is 12.4. The topological polar surface area (TPSA) is 81.8 Å². The van der Waals surface area contributed by atoms with Crippen LogP contribution in [0.15, 0.2) is 28.7 Å². The quantitative estimate of drug-likeness (QED) is 0.713. The lowest BCUT2D eigenvalue weighted by molar-refractivity contribution is -0.134. The zero-order valence-electron chi connectivity index (χ0n) is 14.8. The van der Waals surface area contributed by atoms with Gasteiger partial charge in [-0.15, -0.1) is 0 Å². The maximum atomic E-state index is 12.8. The van der Waals surface area contributed by atoms with Crippen molar-refractivity contribution in [3.8, 4) is 0 Å². The summed E-state index contributed by atoms with van der Waals surface area (Å²) in [4.78, 5) is 14.5. The lowest BCUT2D eigenvalue weighted by Crippen LogP contribution is -2.54. The number of hydrazine groups is 1. The summed E-state index contributed by atoms with van der Waals surface area (Å²) < 4.78 is 26.8. The maximum Gasteiger partial charge on any atom is 0.241 e. The Kier molecular flexibility index (Phi) is 6.34. The Hall–Kier alpha value is -1.00. The van der Waals surface area contributed by atoms with E-state index in [1.165, 1.54) is 4.31 Å². The number of carbonyl (C=O) groups excluding carboxylic acids is 1. The molecule has 2 unspecified atom stereocenters. The molecule has 2 atom stereocenters. The van der Waals surface area contributed by atoms with Gasteiger partial charge in [-0.3, -0.25) is 4.79 Å². The van der Waals surface area contributed by atoms with Gasteiger partial charge in [-0.05, 0) is 30.5 Å². The van der Waals surface area contributed by atoms with Crippen molar-refractivity contribution >= 4 is 31.9 Å². The number of amides is 1. The summed E-state index contributed by atoms with van der Waals surface area (Å²) in [5.41, 5.74) is 7.42. The van der Waals surface area contributed by atoms with Gasteiger partial charge in [-0.2, -0.15) is 4.31 Å². The van der Waals surface area contributed by atoms with Crippen molar-refractivity contribution in [3.63, 3.8) is 0 Å². The monoisotopic (exact) mass is 444 g/mol. The van der Waals surface area contributed by atoms with E-state index in [4.69, 9.17) is 0 Å². The Morgan fingerprint density at radius 1 is 1.15 bits per heavy atom. The molecule has 1 aromatic carbocycles. The summed E-state index contributed by atoms with van der Waals surface area (Å²) in [6.45, 7) is 3.51. The van der Waals surface area contributed by atoms with Crippen LogP contribution in [0.3, 0.4) is 0 Å². The number of rotatable bonds is 5. The highest BCUT2D eigenvalue weighted by molar-refractivity contribution is 9.10. The minimum Gasteiger partial charge on any atom is -0.339 e. The summed E-state index contributed by atoms with van der Waals surface area (Å²) in [5, 5.41) is 0. The number of nitrogens with one attached hydrogen (secondary N) is 2. The highest BCUT2D eigenvalue weighted by atomic mass is 79.9. The Morgan fingerprint density at radius 3 is 2.42 bits per heavy atom. The van der Waals surface area contributed by atoms with Crippen LogP contribution in [0, 0.1) is 0 Å². The zero-order valence-corrected chi connectivity index (χ0v) is 17.2. The molecular formula is C17H25BrN4O3S. The predicted molar refractivity (Wildman–Crippen MR) is 104 cm³/mol. The van der Waals surface area contributed by atoms with Crippen molar-refractivity contribution in [2.24, 2.45) is 0 Å². The molecule has 0 bridgehead atoms. The van der Waals surface area contributed by atoms with Crippen LogP contribution in [-0.4, -0.2) is 61.5 Å². The van der Waals surface area contributed by atoms with Gasteiger partial charge in [0.15, 0.2) is 0 Å². The third-order valence-electron chi connectivity index (χ3n) is 4.88. The second-order valence-corrected chi connectivity index (χ2v) is 9.73. The van der Waals surface area contributed by atoms with Crippen molar-refractivity contribution in [2.45, 2.75) is 31.8 Å². The molecule has 0 aromatic heterocycles. The van der Waals surface area contributed by atoms with Crippen LogP contribution in [0.5, 0.6) is 0 Å². The second kappa shape index (κ2) is 8.35. The lowest BCUT2D eigenvalue weighted by atomic mass is 10.0. The van der Waals surface area contributed by atoms with Gasteiger partial charge in [0.25, 0.3) is 0 Å². The minimum atomic E-state index is -3.19.